The Kier molecular flexibility index (Phi) is 8.13. The Bertz CT molecular complexity index is 847. The monoisotopic (exact) mass is 404 g/mol. The summed E-state index contributed by atoms with van der Waals surface area (Å²) in [6.45, 7) is 16.5. The number of aliphatic imine (C=N–C) groups is 1. The van der Waals surface area contributed by atoms with Crippen molar-refractivity contribution in [3.8, 4) is 0 Å². The van der Waals surface area contributed by atoms with Gasteiger partial charge in [-0.1, -0.05) is 51.1 Å². The van der Waals surface area contributed by atoms with Crippen molar-refractivity contribution >= 4 is 5.71 Å². The normalized spacial score (nSPS) is 17.9. The number of likely N-dealkylation sites (tertiary alicyclic amines) is 1. The fourth-order valence-corrected chi connectivity index (χ4v) is 4.91. The van der Waals surface area contributed by atoms with Gasteiger partial charge in [0.25, 0.3) is 0 Å². The zero-order valence-electron chi connectivity index (χ0n) is 19.7. The van der Waals surface area contributed by atoms with Gasteiger partial charge in [-0.25, -0.2) is 0 Å². The summed E-state index contributed by atoms with van der Waals surface area (Å²) >= 11 is 0. The summed E-state index contributed by atoms with van der Waals surface area (Å²) in [6, 6.07) is 6.59. The number of benzene rings is 1. The maximum Gasteiger partial charge on any atom is 0.0640 e. The molecule has 162 valence electrons. The lowest BCUT2D eigenvalue weighted by molar-refractivity contribution is 0.273. The quantitative estimate of drug-likeness (QED) is 0.419. The number of piperidine rings is 1. The van der Waals surface area contributed by atoms with Gasteiger partial charge < -0.3 is 4.90 Å². The van der Waals surface area contributed by atoms with Crippen molar-refractivity contribution in [1.82, 2.24) is 4.90 Å². The van der Waals surface area contributed by atoms with Crippen molar-refractivity contribution in [3.63, 3.8) is 0 Å². The molecule has 2 heteroatoms. The molecule has 1 aliphatic carbocycles. The molecule has 3 rings (SSSR count). The molecule has 0 aromatic heterocycles. The molecule has 30 heavy (non-hydrogen) atoms. The highest BCUT2D eigenvalue weighted by Gasteiger charge is 2.20. The van der Waals surface area contributed by atoms with Gasteiger partial charge in [-0.3, -0.25) is 4.99 Å². The van der Waals surface area contributed by atoms with E-state index in [1.165, 1.54) is 65.8 Å². The maximum atomic E-state index is 4.96. The molecule has 0 unspecified atom stereocenters. The van der Waals surface area contributed by atoms with Gasteiger partial charge in [0.2, 0.25) is 0 Å². The van der Waals surface area contributed by atoms with Crippen molar-refractivity contribution in [1.29, 1.82) is 0 Å². The molecule has 0 bridgehead atoms. The van der Waals surface area contributed by atoms with Crippen LogP contribution >= 0.6 is 0 Å². The molecule has 1 aromatic carbocycles. The molecule has 1 aromatic rings. The molecule has 2 nitrogen and oxygen atoms in total. The standard InChI is InChI=1S/C28H40N2/c1-6-12-26-21(3)13-11-14-27(26)23(5)29-20-22(4)25-15-16-28(24(7-2)19-25)30-17-9-8-10-18-30/h11,13-14,19H,4,6-10,12,15-18,20H2,1-3,5H3. The molecule has 0 N–H and O–H groups in total. The van der Waals surface area contributed by atoms with Gasteiger partial charge in [0, 0.05) is 24.5 Å². The predicted molar refractivity (Wildman–Crippen MR) is 131 cm³/mol. The molecule has 0 spiro atoms. The van der Waals surface area contributed by atoms with Crippen LogP contribution in [-0.2, 0) is 6.42 Å². The lowest BCUT2D eigenvalue weighted by atomic mass is 9.89. The topological polar surface area (TPSA) is 15.6 Å². The van der Waals surface area contributed by atoms with E-state index in [1.54, 1.807) is 5.70 Å². The van der Waals surface area contributed by atoms with Crippen LogP contribution in [0.4, 0.5) is 0 Å². The van der Waals surface area contributed by atoms with Crippen LogP contribution in [0.1, 0.15) is 82.4 Å². The van der Waals surface area contributed by atoms with Crippen molar-refractivity contribution < 1.29 is 0 Å². The molecule has 2 aliphatic rings. The molecule has 0 amide bonds. The van der Waals surface area contributed by atoms with E-state index in [4.69, 9.17) is 4.99 Å². The number of allylic oxidation sites excluding steroid dienone is 3. The van der Waals surface area contributed by atoms with Crippen LogP contribution in [-0.4, -0.2) is 30.2 Å². The third kappa shape index (κ3) is 5.33. The second-order valence-corrected chi connectivity index (χ2v) is 8.90. The van der Waals surface area contributed by atoms with Crippen LogP contribution < -0.4 is 0 Å². The summed E-state index contributed by atoms with van der Waals surface area (Å²) in [5.74, 6) is 0. The average Bonchev–Trinajstić information content (AvgIpc) is 2.78. The molecule has 1 saturated heterocycles. The first-order chi connectivity index (χ1) is 14.5. The number of rotatable bonds is 8. The van der Waals surface area contributed by atoms with Crippen LogP contribution in [0.3, 0.4) is 0 Å². The van der Waals surface area contributed by atoms with Gasteiger partial charge in [-0.05, 0) is 92.2 Å². The Morgan fingerprint density at radius 1 is 1.10 bits per heavy atom. The van der Waals surface area contributed by atoms with E-state index in [-0.39, 0.29) is 0 Å². The van der Waals surface area contributed by atoms with Gasteiger partial charge in [0.15, 0.2) is 0 Å². The molecule has 1 fully saturated rings. The summed E-state index contributed by atoms with van der Waals surface area (Å²) in [6.07, 6.45) is 12.2. The van der Waals surface area contributed by atoms with E-state index in [9.17, 15) is 0 Å². The van der Waals surface area contributed by atoms with Crippen LogP contribution in [0.15, 0.2) is 58.3 Å². The summed E-state index contributed by atoms with van der Waals surface area (Å²) in [5.41, 5.74) is 11.0. The van der Waals surface area contributed by atoms with Crippen molar-refractivity contribution in [3.05, 3.63) is 70.0 Å². The summed E-state index contributed by atoms with van der Waals surface area (Å²) in [5, 5.41) is 0. The first kappa shape index (κ1) is 22.6. The van der Waals surface area contributed by atoms with E-state index in [0.717, 1.165) is 37.8 Å². The summed E-state index contributed by atoms with van der Waals surface area (Å²) in [4.78, 5) is 7.61. The first-order valence-corrected chi connectivity index (χ1v) is 12.0. The Morgan fingerprint density at radius 2 is 1.87 bits per heavy atom. The van der Waals surface area contributed by atoms with Crippen LogP contribution in [0.25, 0.3) is 0 Å². The third-order valence-corrected chi connectivity index (χ3v) is 6.73. The second kappa shape index (κ2) is 10.8. The van der Waals surface area contributed by atoms with E-state index in [1.807, 2.05) is 0 Å². The highest BCUT2D eigenvalue weighted by molar-refractivity contribution is 6.00. The maximum absolute atomic E-state index is 4.96. The lowest BCUT2D eigenvalue weighted by Crippen LogP contribution is -2.30. The Balaban J connectivity index is 1.74. The number of hydrogen-bond acceptors (Lipinski definition) is 2. The van der Waals surface area contributed by atoms with Gasteiger partial charge in [0.1, 0.15) is 0 Å². The molecule has 0 radical (unpaired) electrons. The van der Waals surface area contributed by atoms with Crippen molar-refractivity contribution in [2.24, 2.45) is 4.99 Å². The van der Waals surface area contributed by atoms with E-state index >= 15 is 0 Å². The van der Waals surface area contributed by atoms with Gasteiger partial charge in [0.05, 0.1) is 6.54 Å². The number of aryl methyl sites for hydroxylation is 1. The van der Waals surface area contributed by atoms with Gasteiger partial charge in [-0.15, -0.1) is 0 Å². The fourth-order valence-electron chi connectivity index (χ4n) is 4.91. The van der Waals surface area contributed by atoms with E-state index in [0.29, 0.717) is 6.54 Å². The molecular formula is C28H40N2. The zero-order chi connectivity index (χ0) is 21.5. The predicted octanol–water partition coefficient (Wildman–Crippen LogP) is 7.18. The van der Waals surface area contributed by atoms with Crippen LogP contribution in [0.2, 0.25) is 0 Å². The Morgan fingerprint density at radius 3 is 2.57 bits per heavy atom. The van der Waals surface area contributed by atoms with Crippen molar-refractivity contribution in [2.45, 2.75) is 79.1 Å². The molecular weight excluding hydrogens is 364 g/mol. The smallest absolute Gasteiger partial charge is 0.0640 e. The van der Waals surface area contributed by atoms with Crippen LogP contribution in [0.5, 0.6) is 0 Å². The second-order valence-electron chi connectivity index (χ2n) is 8.90. The molecule has 0 saturated carbocycles. The van der Waals surface area contributed by atoms with Crippen LogP contribution in [0, 0.1) is 6.92 Å². The van der Waals surface area contributed by atoms with E-state index < -0.39 is 0 Å². The minimum absolute atomic E-state index is 0.702. The van der Waals surface area contributed by atoms with Crippen molar-refractivity contribution in [2.75, 3.05) is 19.6 Å². The Hall–Kier alpha value is -2.09. The largest absolute Gasteiger partial charge is 0.375 e. The third-order valence-electron chi connectivity index (χ3n) is 6.73. The molecule has 0 atom stereocenters. The lowest BCUT2D eigenvalue weighted by Gasteiger charge is -2.35. The highest BCUT2D eigenvalue weighted by Crippen LogP contribution is 2.33. The number of hydrogen-bond donors (Lipinski definition) is 0. The van der Waals surface area contributed by atoms with Gasteiger partial charge >= 0.3 is 0 Å². The Labute approximate surface area is 184 Å². The minimum Gasteiger partial charge on any atom is -0.375 e. The SMILES string of the molecule is C=C(CN=C(C)c1cccc(C)c1CCC)C1=CC(CC)=C(N2CCCCC2)CC1. The molecule has 1 heterocycles. The van der Waals surface area contributed by atoms with E-state index in [2.05, 4.69) is 63.4 Å². The summed E-state index contributed by atoms with van der Waals surface area (Å²) in [7, 11) is 0. The average molecular weight is 405 g/mol. The first-order valence-electron chi connectivity index (χ1n) is 12.0. The highest BCUT2D eigenvalue weighted by atomic mass is 15.1. The minimum atomic E-state index is 0.702. The zero-order valence-corrected chi connectivity index (χ0v) is 19.7. The summed E-state index contributed by atoms with van der Waals surface area (Å²) < 4.78 is 0. The molecule has 1 aliphatic heterocycles. The number of nitrogens with zero attached hydrogens (tertiary/aromatic N) is 2. The van der Waals surface area contributed by atoms with Gasteiger partial charge in [-0.2, -0.15) is 0 Å². The fraction of sp³-hybridized carbons (Fsp3) is 0.536.